The van der Waals surface area contributed by atoms with E-state index in [0.717, 1.165) is 17.1 Å². The molecule has 0 aliphatic rings. The van der Waals surface area contributed by atoms with Crippen molar-refractivity contribution in [1.29, 1.82) is 0 Å². The van der Waals surface area contributed by atoms with E-state index in [4.69, 9.17) is 10.5 Å². The fraction of sp³-hybridized carbons (Fsp3) is 0.286. The molecule has 2 aromatic rings. The van der Waals surface area contributed by atoms with Gasteiger partial charge in [-0.05, 0) is 32.9 Å². The fourth-order valence-corrected chi connectivity index (χ4v) is 1.72. The van der Waals surface area contributed by atoms with Crippen LogP contribution in [0.25, 0.3) is 0 Å². The number of rotatable bonds is 4. The summed E-state index contributed by atoms with van der Waals surface area (Å²) in [6.45, 7) is 5.85. The van der Waals surface area contributed by atoms with Gasteiger partial charge < -0.3 is 15.8 Å². The van der Waals surface area contributed by atoms with Crippen molar-refractivity contribution in [3.05, 3.63) is 36.0 Å². The molecule has 3 N–H and O–H groups in total. The number of nitrogens with two attached hydrogens (primary N) is 1. The van der Waals surface area contributed by atoms with Crippen LogP contribution < -0.4 is 15.8 Å². The number of nitrogens with one attached hydrogen (secondary N) is 1. The van der Waals surface area contributed by atoms with Gasteiger partial charge in [-0.25, -0.2) is 4.98 Å². The minimum Gasteiger partial charge on any atom is -0.489 e. The number of hydrogen-bond donors (Lipinski definition) is 2. The van der Waals surface area contributed by atoms with Crippen molar-refractivity contribution in [2.75, 3.05) is 11.1 Å². The van der Waals surface area contributed by atoms with Crippen molar-refractivity contribution in [1.82, 2.24) is 9.97 Å². The van der Waals surface area contributed by atoms with Crippen LogP contribution in [-0.4, -0.2) is 16.1 Å². The van der Waals surface area contributed by atoms with E-state index in [-0.39, 0.29) is 12.1 Å². The van der Waals surface area contributed by atoms with Gasteiger partial charge in [0, 0.05) is 11.8 Å². The first-order valence-corrected chi connectivity index (χ1v) is 6.18. The Morgan fingerprint density at radius 3 is 2.63 bits per heavy atom. The second kappa shape index (κ2) is 5.56. The van der Waals surface area contributed by atoms with Gasteiger partial charge in [-0.3, -0.25) is 0 Å². The van der Waals surface area contributed by atoms with E-state index < -0.39 is 0 Å². The average Bonchev–Trinajstić information content (AvgIpc) is 2.29. The van der Waals surface area contributed by atoms with Crippen LogP contribution in [0.2, 0.25) is 0 Å². The van der Waals surface area contributed by atoms with Crippen molar-refractivity contribution in [2.24, 2.45) is 0 Å². The van der Waals surface area contributed by atoms with Gasteiger partial charge in [0.2, 0.25) is 5.95 Å². The van der Waals surface area contributed by atoms with E-state index in [1.807, 2.05) is 51.1 Å². The third kappa shape index (κ3) is 3.58. The summed E-state index contributed by atoms with van der Waals surface area (Å²) in [7, 11) is 0. The van der Waals surface area contributed by atoms with Crippen LogP contribution >= 0.6 is 0 Å². The second-order valence-corrected chi connectivity index (χ2v) is 4.54. The predicted molar refractivity (Wildman–Crippen MR) is 76.7 cm³/mol. The van der Waals surface area contributed by atoms with Crippen molar-refractivity contribution >= 4 is 17.5 Å². The molecule has 0 aliphatic carbocycles. The summed E-state index contributed by atoms with van der Waals surface area (Å²) in [5.41, 5.74) is 7.31. The predicted octanol–water partition coefficient (Wildman–Crippen LogP) is 2.90. The van der Waals surface area contributed by atoms with Crippen LogP contribution in [0.15, 0.2) is 30.3 Å². The standard InChI is InChI=1S/C14H18N4O/c1-9(2)19-12-7-5-4-6-11(12)17-13-8-10(3)16-14(15)18-13/h4-9H,1-3H3,(H3,15,16,17,18). The Morgan fingerprint density at radius 1 is 1.21 bits per heavy atom. The number of ether oxygens (including phenoxy) is 1. The number of hydrogen-bond acceptors (Lipinski definition) is 5. The highest BCUT2D eigenvalue weighted by Crippen LogP contribution is 2.27. The van der Waals surface area contributed by atoms with Crippen LogP contribution in [-0.2, 0) is 0 Å². The summed E-state index contributed by atoms with van der Waals surface area (Å²) in [6, 6.07) is 9.56. The van der Waals surface area contributed by atoms with Crippen molar-refractivity contribution in [3.63, 3.8) is 0 Å². The number of nitrogen functional groups attached to an aromatic ring is 1. The molecular formula is C14H18N4O. The van der Waals surface area contributed by atoms with Gasteiger partial charge in [0.25, 0.3) is 0 Å². The highest BCUT2D eigenvalue weighted by molar-refractivity contribution is 5.64. The lowest BCUT2D eigenvalue weighted by atomic mass is 10.3. The first kappa shape index (κ1) is 13.1. The van der Waals surface area contributed by atoms with Crippen LogP contribution in [0.1, 0.15) is 19.5 Å². The van der Waals surface area contributed by atoms with Gasteiger partial charge in [-0.15, -0.1) is 0 Å². The number of anilines is 3. The molecule has 0 atom stereocenters. The fourth-order valence-electron chi connectivity index (χ4n) is 1.72. The molecule has 0 radical (unpaired) electrons. The molecule has 1 aromatic heterocycles. The summed E-state index contributed by atoms with van der Waals surface area (Å²) in [5.74, 6) is 1.70. The first-order chi connectivity index (χ1) is 9.04. The number of nitrogens with zero attached hydrogens (tertiary/aromatic N) is 2. The Balaban J connectivity index is 2.27. The van der Waals surface area contributed by atoms with Gasteiger partial charge in [0.1, 0.15) is 11.6 Å². The monoisotopic (exact) mass is 258 g/mol. The third-order valence-corrected chi connectivity index (χ3v) is 2.38. The van der Waals surface area contributed by atoms with Crippen molar-refractivity contribution in [2.45, 2.75) is 26.9 Å². The minimum atomic E-state index is 0.111. The van der Waals surface area contributed by atoms with E-state index >= 15 is 0 Å². The molecule has 0 bridgehead atoms. The van der Waals surface area contributed by atoms with E-state index in [2.05, 4.69) is 15.3 Å². The van der Waals surface area contributed by atoms with Crippen LogP contribution in [0, 0.1) is 6.92 Å². The molecule has 2 rings (SSSR count). The van der Waals surface area contributed by atoms with E-state index in [0.29, 0.717) is 5.82 Å². The molecular weight excluding hydrogens is 240 g/mol. The maximum atomic E-state index is 5.74. The Bertz CT molecular complexity index is 549. The zero-order chi connectivity index (χ0) is 13.8. The molecule has 19 heavy (non-hydrogen) atoms. The smallest absolute Gasteiger partial charge is 0.222 e. The lowest BCUT2D eigenvalue weighted by Gasteiger charge is -2.15. The lowest BCUT2D eigenvalue weighted by Crippen LogP contribution is -2.08. The number of benzene rings is 1. The third-order valence-electron chi connectivity index (χ3n) is 2.38. The summed E-state index contributed by atoms with van der Waals surface area (Å²) in [6.07, 6.45) is 0.111. The summed E-state index contributed by atoms with van der Waals surface area (Å²) in [4.78, 5) is 8.19. The van der Waals surface area contributed by atoms with Gasteiger partial charge in [0.05, 0.1) is 11.8 Å². The Kier molecular flexibility index (Phi) is 3.85. The van der Waals surface area contributed by atoms with E-state index in [1.165, 1.54) is 0 Å². The van der Waals surface area contributed by atoms with Crippen molar-refractivity contribution < 1.29 is 4.74 Å². The molecule has 1 aromatic carbocycles. The molecule has 0 saturated heterocycles. The molecule has 0 fully saturated rings. The lowest BCUT2D eigenvalue weighted by molar-refractivity contribution is 0.244. The van der Waals surface area contributed by atoms with Crippen LogP contribution in [0.3, 0.4) is 0 Å². The number of aromatic nitrogens is 2. The van der Waals surface area contributed by atoms with Crippen molar-refractivity contribution in [3.8, 4) is 5.75 Å². The van der Waals surface area contributed by atoms with Crippen LogP contribution in [0.4, 0.5) is 17.5 Å². The molecule has 0 saturated carbocycles. The van der Waals surface area contributed by atoms with E-state index in [9.17, 15) is 0 Å². The molecule has 0 amide bonds. The highest BCUT2D eigenvalue weighted by atomic mass is 16.5. The Morgan fingerprint density at radius 2 is 1.95 bits per heavy atom. The van der Waals surface area contributed by atoms with Gasteiger partial charge in [-0.2, -0.15) is 4.98 Å². The summed E-state index contributed by atoms with van der Waals surface area (Å²) < 4.78 is 5.74. The normalized spacial score (nSPS) is 10.5. The van der Waals surface area contributed by atoms with Gasteiger partial charge in [-0.1, -0.05) is 12.1 Å². The van der Waals surface area contributed by atoms with Crippen LogP contribution in [0.5, 0.6) is 5.75 Å². The first-order valence-electron chi connectivity index (χ1n) is 6.18. The number of aryl methyl sites for hydroxylation is 1. The minimum absolute atomic E-state index is 0.111. The molecule has 100 valence electrons. The molecule has 5 heteroatoms. The Labute approximate surface area is 112 Å². The molecule has 0 spiro atoms. The highest BCUT2D eigenvalue weighted by Gasteiger charge is 2.06. The maximum Gasteiger partial charge on any atom is 0.222 e. The maximum absolute atomic E-state index is 5.74. The molecule has 5 nitrogen and oxygen atoms in total. The quantitative estimate of drug-likeness (QED) is 0.882. The van der Waals surface area contributed by atoms with Gasteiger partial charge in [0.15, 0.2) is 0 Å². The molecule has 0 unspecified atom stereocenters. The summed E-state index contributed by atoms with van der Waals surface area (Å²) >= 11 is 0. The zero-order valence-corrected chi connectivity index (χ0v) is 11.3. The SMILES string of the molecule is Cc1cc(Nc2ccccc2OC(C)C)nc(N)n1. The topological polar surface area (TPSA) is 73.1 Å². The zero-order valence-electron chi connectivity index (χ0n) is 11.3. The second-order valence-electron chi connectivity index (χ2n) is 4.54. The Hall–Kier alpha value is -2.30. The van der Waals surface area contributed by atoms with Gasteiger partial charge >= 0.3 is 0 Å². The number of para-hydroxylation sites is 2. The average molecular weight is 258 g/mol. The van der Waals surface area contributed by atoms with E-state index in [1.54, 1.807) is 0 Å². The molecule has 1 heterocycles. The molecule has 0 aliphatic heterocycles. The largest absolute Gasteiger partial charge is 0.489 e. The summed E-state index contributed by atoms with van der Waals surface area (Å²) in [5, 5.41) is 3.20.